The van der Waals surface area contributed by atoms with Gasteiger partial charge in [0.05, 0.1) is 13.4 Å². The quantitative estimate of drug-likeness (QED) is 0.461. The molecule has 0 N–H and O–H groups in total. The van der Waals surface area contributed by atoms with E-state index in [-0.39, 0.29) is 0 Å². The van der Waals surface area contributed by atoms with Crippen molar-refractivity contribution in [2.45, 2.75) is 19.4 Å². The smallest absolute Gasteiger partial charge is 0.272 e. The van der Waals surface area contributed by atoms with Crippen molar-refractivity contribution in [2.75, 3.05) is 0 Å². The topological polar surface area (TPSA) is 122 Å². The largest absolute Gasteiger partial charge is 0.790 e. The Kier molecular flexibility index (Phi) is 4.24. The van der Waals surface area contributed by atoms with E-state index in [4.69, 9.17) is 0 Å². The number of phosphoric acid groups is 2. The van der Waals surface area contributed by atoms with Gasteiger partial charge in [-0.05, 0) is 13.8 Å². The Labute approximate surface area is 81.2 Å². The molecule has 0 aromatic rings. The van der Waals surface area contributed by atoms with E-state index in [9.17, 15) is 23.8 Å². The first-order valence-corrected chi connectivity index (χ1v) is 6.28. The Morgan fingerprint density at radius 3 is 2.00 bits per heavy atom. The molecular formula is C5H9O7P2-3. The van der Waals surface area contributed by atoms with Gasteiger partial charge in [-0.25, -0.2) is 0 Å². The van der Waals surface area contributed by atoms with E-state index < -0.39 is 21.2 Å². The second-order valence-corrected chi connectivity index (χ2v) is 5.50. The van der Waals surface area contributed by atoms with Crippen molar-refractivity contribution in [2.24, 2.45) is 0 Å². The molecule has 1 unspecified atom stereocenters. The molecule has 1 atom stereocenters. The molecule has 0 amide bonds. The Morgan fingerprint density at radius 1 is 1.29 bits per heavy atom. The lowest BCUT2D eigenvalue weighted by molar-refractivity contribution is -0.340. The molecule has 7 nitrogen and oxygen atoms in total. The molecule has 0 aliphatic rings. The van der Waals surface area contributed by atoms with E-state index in [0.717, 1.165) is 6.08 Å². The van der Waals surface area contributed by atoms with Crippen molar-refractivity contribution in [3.63, 3.8) is 0 Å². The maximum Gasteiger partial charge on any atom is 0.272 e. The molecule has 9 heteroatoms. The van der Waals surface area contributed by atoms with Crippen LogP contribution in [-0.2, 0) is 18.0 Å². The van der Waals surface area contributed by atoms with Gasteiger partial charge < -0.3 is 23.8 Å². The summed E-state index contributed by atoms with van der Waals surface area (Å²) in [6.07, 6.45) is 1.11. The minimum Gasteiger partial charge on any atom is -0.790 e. The lowest BCUT2D eigenvalue weighted by Gasteiger charge is -2.38. The van der Waals surface area contributed by atoms with Crippen molar-refractivity contribution in [3.8, 4) is 0 Å². The normalized spacial score (nSPS) is 17.5. The summed E-state index contributed by atoms with van der Waals surface area (Å²) in [6, 6.07) is 0. The van der Waals surface area contributed by atoms with Crippen molar-refractivity contribution in [3.05, 3.63) is 12.7 Å². The second kappa shape index (κ2) is 4.24. The van der Waals surface area contributed by atoms with Crippen LogP contribution < -0.4 is 14.7 Å². The van der Waals surface area contributed by atoms with Crippen molar-refractivity contribution in [1.29, 1.82) is 0 Å². The lowest BCUT2D eigenvalue weighted by atomic mass is 10.1. The van der Waals surface area contributed by atoms with Gasteiger partial charge in [0, 0.05) is 0 Å². The third-order valence-corrected chi connectivity index (χ3v) is 3.33. The van der Waals surface area contributed by atoms with Crippen LogP contribution in [-0.4, -0.2) is 5.60 Å². The van der Waals surface area contributed by atoms with Gasteiger partial charge in [0.2, 0.25) is 0 Å². The van der Waals surface area contributed by atoms with Crippen LogP contribution in [0.5, 0.6) is 0 Å². The zero-order valence-electron chi connectivity index (χ0n) is 7.54. The zero-order valence-corrected chi connectivity index (χ0v) is 9.33. The van der Waals surface area contributed by atoms with Crippen LogP contribution in [0.2, 0.25) is 0 Å². The summed E-state index contributed by atoms with van der Waals surface area (Å²) in [6.45, 7) is 5.85. The van der Waals surface area contributed by atoms with Crippen LogP contribution in [0.1, 0.15) is 13.8 Å². The summed E-state index contributed by atoms with van der Waals surface area (Å²) in [5, 5.41) is 0. The minimum atomic E-state index is -5.62. The summed E-state index contributed by atoms with van der Waals surface area (Å²) in [5.74, 6) is 0. The minimum absolute atomic E-state index is 1.11. The number of phosphoric ester groups is 1. The van der Waals surface area contributed by atoms with Crippen molar-refractivity contribution in [1.82, 2.24) is 0 Å². The summed E-state index contributed by atoms with van der Waals surface area (Å²) in [4.78, 5) is 30.8. The fourth-order valence-electron chi connectivity index (χ4n) is 0.465. The molecule has 0 aliphatic carbocycles. The molecule has 0 fully saturated rings. The van der Waals surface area contributed by atoms with E-state index in [2.05, 4.69) is 15.4 Å². The van der Waals surface area contributed by atoms with Crippen LogP contribution in [0.4, 0.5) is 0 Å². The lowest BCUT2D eigenvalue weighted by Crippen LogP contribution is -2.26. The average Bonchev–Trinajstić information content (AvgIpc) is 1.78. The number of hydrogen-bond acceptors (Lipinski definition) is 7. The first-order valence-electron chi connectivity index (χ1n) is 3.36. The molecular weight excluding hydrogens is 234 g/mol. The number of hydrogen-bond donors (Lipinski definition) is 0. The van der Waals surface area contributed by atoms with E-state index in [1.54, 1.807) is 0 Å². The summed E-state index contributed by atoms with van der Waals surface area (Å²) >= 11 is 0. The van der Waals surface area contributed by atoms with Crippen LogP contribution in [0, 0.1) is 0 Å². The third kappa shape index (κ3) is 6.45. The molecule has 84 valence electrons. The SMILES string of the molecule is C=CC(C)(C)OP(=O)([O-])OP(=O)([O-])[O-]. The van der Waals surface area contributed by atoms with Gasteiger partial charge in [-0.2, -0.15) is 0 Å². The molecule has 0 saturated carbocycles. The van der Waals surface area contributed by atoms with Crippen LogP contribution in [0.15, 0.2) is 12.7 Å². The standard InChI is InChI=1S/C5H12O7P2/c1-4-5(2,3)11-14(9,10)12-13(6,7)8/h4H,1H2,2-3H3,(H,9,10)(H2,6,7,8)/p-3. The fourth-order valence-corrected chi connectivity index (χ4v) is 2.23. The predicted octanol–water partition coefficient (Wildman–Crippen LogP) is -0.719. The first-order chi connectivity index (χ1) is 5.97. The van der Waals surface area contributed by atoms with E-state index >= 15 is 0 Å². The highest BCUT2D eigenvalue weighted by Crippen LogP contribution is 2.52. The average molecular weight is 243 g/mol. The highest BCUT2D eigenvalue weighted by atomic mass is 31.3. The molecule has 0 spiro atoms. The highest BCUT2D eigenvalue weighted by Gasteiger charge is 2.23. The van der Waals surface area contributed by atoms with Gasteiger partial charge in [0.15, 0.2) is 0 Å². The number of rotatable bonds is 5. The van der Waals surface area contributed by atoms with Crippen LogP contribution in [0.3, 0.4) is 0 Å². The molecule has 0 bridgehead atoms. The fraction of sp³-hybridized carbons (Fsp3) is 0.600. The molecule has 0 aromatic carbocycles. The maximum absolute atomic E-state index is 10.8. The molecule has 0 aromatic heterocycles. The summed E-state index contributed by atoms with van der Waals surface area (Å²) < 4.78 is 28.3. The first kappa shape index (κ1) is 14.0. The zero-order chi connectivity index (χ0) is 11.6. The van der Waals surface area contributed by atoms with Crippen LogP contribution >= 0.6 is 15.6 Å². The second-order valence-electron chi connectivity index (χ2n) is 2.87. The highest BCUT2D eigenvalue weighted by molar-refractivity contribution is 7.58. The van der Waals surface area contributed by atoms with E-state index in [0.29, 0.717) is 0 Å². The Balaban J connectivity index is 4.59. The van der Waals surface area contributed by atoms with Gasteiger partial charge in [0.25, 0.3) is 7.82 Å². The van der Waals surface area contributed by atoms with Gasteiger partial charge >= 0.3 is 0 Å². The third-order valence-electron chi connectivity index (χ3n) is 1.04. The van der Waals surface area contributed by atoms with Gasteiger partial charge in [-0.1, -0.05) is 6.08 Å². The van der Waals surface area contributed by atoms with Crippen molar-refractivity contribution >= 4 is 15.6 Å². The van der Waals surface area contributed by atoms with Gasteiger partial charge in [-0.15, -0.1) is 6.58 Å². The Bertz CT molecular complexity index is 303. The van der Waals surface area contributed by atoms with E-state index in [1.807, 2.05) is 0 Å². The molecule has 14 heavy (non-hydrogen) atoms. The Hall–Kier alpha value is -0.0000000000000000416. The van der Waals surface area contributed by atoms with E-state index in [1.165, 1.54) is 13.8 Å². The monoisotopic (exact) mass is 243 g/mol. The predicted molar refractivity (Wildman–Crippen MR) is 41.7 cm³/mol. The molecule has 0 heterocycles. The van der Waals surface area contributed by atoms with Crippen molar-refractivity contribution < 1.29 is 32.6 Å². The summed E-state index contributed by atoms with van der Waals surface area (Å²) in [5.41, 5.74) is -1.34. The summed E-state index contributed by atoms with van der Waals surface area (Å²) in [7, 11) is -10.8. The molecule has 0 radical (unpaired) electrons. The maximum atomic E-state index is 10.8. The van der Waals surface area contributed by atoms with Gasteiger partial charge in [0.1, 0.15) is 0 Å². The molecule has 0 saturated heterocycles. The van der Waals surface area contributed by atoms with Gasteiger partial charge in [-0.3, -0.25) is 8.88 Å². The molecule has 0 aliphatic heterocycles. The molecule has 0 rings (SSSR count). The van der Waals surface area contributed by atoms with Crippen LogP contribution in [0.25, 0.3) is 0 Å². The Morgan fingerprint density at radius 2 is 1.71 bits per heavy atom.